The van der Waals surface area contributed by atoms with Crippen LogP contribution in [0.15, 0.2) is 72.8 Å². The Hall–Kier alpha value is -3.80. The van der Waals surface area contributed by atoms with Crippen molar-refractivity contribution in [2.45, 2.75) is 12.8 Å². The fraction of sp³-hybridized carbons (Fsp3) is 0.143. The van der Waals surface area contributed by atoms with Crippen LogP contribution in [0.5, 0.6) is 11.5 Å². The van der Waals surface area contributed by atoms with E-state index in [1.165, 1.54) is 26.4 Å². The second-order valence-electron chi connectivity index (χ2n) is 7.77. The third-order valence-corrected chi connectivity index (χ3v) is 5.78. The van der Waals surface area contributed by atoms with Gasteiger partial charge in [-0.3, -0.25) is 0 Å². The van der Waals surface area contributed by atoms with Crippen LogP contribution in [-0.4, -0.2) is 14.2 Å². The summed E-state index contributed by atoms with van der Waals surface area (Å²) in [6.45, 7) is 0. The number of aryl methyl sites for hydroxylation is 2. The zero-order chi connectivity index (χ0) is 24.2. The zero-order valence-corrected chi connectivity index (χ0v) is 18.7. The normalized spacial score (nSPS) is 10.9. The highest BCUT2D eigenvalue weighted by Gasteiger charge is 2.17. The second kappa shape index (κ2) is 10.00. The average Bonchev–Trinajstić information content (AvgIpc) is 2.87. The van der Waals surface area contributed by atoms with Crippen LogP contribution < -0.4 is 9.47 Å². The Kier molecular flexibility index (Phi) is 6.87. The monoisotopic (exact) mass is 466 g/mol. The van der Waals surface area contributed by atoms with Gasteiger partial charge in [-0.15, -0.1) is 0 Å². The highest BCUT2D eigenvalue weighted by molar-refractivity contribution is 5.72. The van der Waals surface area contributed by atoms with Crippen LogP contribution in [-0.2, 0) is 12.8 Å². The summed E-state index contributed by atoms with van der Waals surface area (Å²) >= 11 is 0. The maximum Gasteiger partial charge on any atom is 0.200 e. The first-order valence-electron chi connectivity index (χ1n) is 10.7. The van der Waals surface area contributed by atoms with Crippen molar-refractivity contribution in [2.24, 2.45) is 0 Å². The van der Waals surface area contributed by atoms with Gasteiger partial charge in [-0.25, -0.2) is 13.2 Å². The van der Waals surface area contributed by atoms with Gasteiger partial charge in [0, 0.05) is 11.1 Å². The van der Waals surface area contributed by atoms with Gasteiger partial charge in [0.2, 0.25) is 5.82 Å². The third kappa shape index (κ3) is 4.62. The van der Waals surface area contributed by atoms with Gasteiger partial charge in [-0.05, 0) is 53.3 Å². The van der Waals surface area contributed by atoms with E-state index in [4.69, 9.17) is 9.47 Å². The lowest BCUT2D eigenvalue weighted by atomic mass is 9.97. The molecule has 0 N–H and O–H groups in total. The Bertz CT molecular complexity index is 1300. The number of methoxy groups -OCH3 is 2. The van der Waals surface area contributed by atoms with Crippen molar-refractivity contribution >= 4 is 0 Å². The molecule has 6 heteroatoms. The maximum absolute atomic E-state index is 14.9. The van der Waals surface area contributed by atoms with Crippen molar-refractivity contribution in [3.8, 4) is 33.8 Å². The van der Waals surface area contributed by atoms with E-state index in [-0.39, 0.29) is 28.9 Å². The second-order valence-corrected chi connectivity index (χ2v) is 7.77. The topological polar surface area (TPSA) is 18.5 Å². The summed E-state index contributed by atoms with van der Waals surface area (Å²) in [7, 11) is 2.81. The minimum atomic E-state index is -1.01. The Balaban J connectivity index is 1.51. The summed E-state index contributed by atoms with van der Waals surface area (Å²) in [4.78, 5) is 0. The van der Waals surface area contributed by atoms with Gasteiger partial charge in [0.25, 0.3) is 0 Å². The molecule has 2 nitrogen and oxygen atoms in total. The van der Waals surface area contributed by atoms with E-state index in [9.17, 15) is 17.6 Å². The molecule has 0 aliphatic rings. The number of benzene rings is 4. The molecule has 0 bridgehead atoms. The molecule has 0 fully saturated rings. The van der Waals surface area contributed by atoms with Crippen LogP contribution in [0, 0.1) is 23.3 Å². The molecule has 4 rings (SSSR count). The Labute approximate surface area is 195 Å². The van der Waals surface area contributed by atoms with Crippen molar-refractivity contribution in [2.75, 3.05) is 14.2 Å². The molecule has 0 saturated carbocycles. The van der Waals surface area contributed by atoms with Crippen LogP contribution in [0.1, 0.15) is 11.1 Å². The fourth-order valence-corrected chi connectivity index (χ4v) is 3.82. The summed E-state index contributed by atoms with van der Waals surface area (Å²) in [5.41, 5.74) is 2.46. The van der Waals surface area contributed by atoms with Gasteiger partial charge in [0.1, 0.15) is 5.75 Å². The highest BCUT2D eigenvalue weighted by atomic mass is 19.2. The summed E-state index contributed by atoms with van der Waals surface area (Å²) < 4.78 is 67.7. The number of hydrogen-bond donors (Lipinski definition) is 0. The van der Waals surface area contributed by atoms with Gasteiger partial charge in [-0.2, -0.15) is 4.39 Å². The number of rotatable bonds is 7. The molecular weight excluding hydrogens is 444 g/mol. The Morgan fingerprint density at radius 1 is 0.529 bits per heavy atom. The van der Waals surface area contributed by atoms with E-state index in [0.29, 0.717) is 23.3 Å². The minimum Gasteiger partial charge on any atom is -0.497 e. The Morgan fingerprint density at radius 3 is 1.62 bits per heavy atom. The first kappa shape index (κ1) is 23.4. The predicted octanol–water partition coefficient (Wildman–Crippen LogP) is 7.38. The molecule has 4 aromatic carbocycles. The standard InChI is InChI=1S/C28H22F4O2/c1-33-21-12-9-19(10-13-21)23-15-14-22(26(30)27(23)31)18-6-3-17(4-7-18)5-8-20-11-16-24(34-2)28(32)25(20)29/h3-4,6-7,9-16H,5,8H2,1-2H3. The minimum absolute atomic E-state index is 0.141. The van der Waals surface area contributed by atoms with Crippen molar-refractivity contribution < 1.29 is 27.0 Å². The highest BCUT2D eigenvalue weighted by Crippen LogP contribution is 2.32. The molecule has 0 aliphatic carbocycles. The molecular formula is C28H22F4O2. The summed E-state index contributed by atoms with van der Waals surface area (Å²) in [6.07, 6.45) is 0.738. The summed E-state index contributed by atoms with van der Waals surface area (Å²) in [5.74, 6) is -3.31. The van der Waals surface area contributed by atoms with Crippen molar-refractivity contribution in [3.05, 3.63) is 107 Å². The molecule has 0 radical (unpaired) electrons. The van der Waals surface area contributed by atoms with E-state index in [1.54, 1.807) is 60.7 Å². The smallest absolute Gasteiger partial charge is 0.200 e. The number of ether oxygens (including phenoxy) is 2. The number of halogens is 4. The summed E-state index contributed by atoms with van der Waals surface area (Å²) in [6, 6.07) is 19.6. The largest absolute Gasteiger partial charge is 0.497 e. The van der Waals surface area contributed by atoms with Crippen molar-refractivity contribution in [3.63, 3.8) is 0 Å². The molecule has 0 aliphatic heterocycles. The van der Waals surface area contributed by atoms with Gasteiger partial charge < -0.3 is 9.47 Å². The zero-order valence-electron chi connectivity index (χ0n) is 18.7. The molecule has 34 heavy (non-hydrogen) atoms. The van der Waals surface area contributed by atoms with Crippen LogP contribution in [0.3, 0.4) is 0 Å². The van der Waals surface area contributed by atoms with Gasteiger partial charge >= 0.3 is 0 Å². The van der Waals surface area contributed by atoms with Crippen molar-refractivity contribution in [1.82, 2.24) is 0 Å². The molecule has 4 aromatic rings. The van der Waals surface area contributed by atoms with E-state index >= 15 is 0 Å². The molecule has 0 saturated heterocycles. The molecule has 0 heterocycles. The Morgan fingerprint density at radius 2 is 1.09 bits per heavy atom. The van der Waals surface area contributed by atoms with Gasteiger partial charge in [0.15, 0.2) is 23.2 Å². The SMILES string of the molecule is COc1ccc(-c2ccc(-c3ccc(CCc4ccc(OC)c(F)c4F)cc3)c(F)c2F)cc1. The first-order valence-corrected chi connectivity index (χ1v) is 10.7. The molecule has 0 unspecified atom stereocenters. The molecule has 0 spiro atoms. The van der Waals surface area contributed by atoms with Crippen molar-refractivity contribution in [1.29, 1.82) is 0 Å². The molecule has 0 atom stereocenters. The van der Waals surface area contributed by atoms with Gasteiger partial charge in [0.05, 0.1) is 14.2 Å². The predicted molar refractivity (Wildman–Crippen MR) is 124 cm³/mol. The van der Waals surface area contributed by atoms with Gasteiger partial charge in [-0.1, -0.05) is 54.6 Å². The lowest BCUT2D eigenvalue weighted by Gasteiger charge is -2.11. The average molecular weight is 466 g/mol. The molecule has 0 aromatic heterocycles. The van der Waals surface area contributed by atoms with Crippen LogP contribution in [0.2, 0.25) is 0 Å². The lowest BCUT2D eigenvalue weighted by Crippen LogP contribution is -2.00. The first-order chi connectivity index (χ1) is 16.4. The van der Waals surface area contributed by atoms with E-state index in [2.05, 4.69) is 0 Å². The maximum atomic E-state index is 14.9. The lowest BCUT2D eigenvalue weighted by molar-refractivity contribution is 0.370. The summed E-state index contributed by atoms with van der Waals surface area (Å²) in [5, 5.41) is 0. The fourth-order valence-electron chi connectivity index (χ4n) is 3.82. The van der Waals surface area contributed by atoms with E-state index in [1.807, 2.05) is 0 Å². The number of hydrogen-bond acceptors (Lipinski definition) is 2. The third-order valence-electron chi connectivity index (χ3n) is 5.78. The van der Waals surface area contributed by atoms with E-state index < -0.39 is 23.3 Å². The quantitative estimate of drug-likeness (QED) is 0.265. The molecule has 174 valence electrons. The van der Waals surface area contributed by atoms with Crippen LogP contribution in [0.4, 0.5) is 17.6 Å². The van der Waals surface area contributed by atoms with Crippen LogP contribution in [0.25, 0.3) is 22.3 Å². The molecule has 0 amide bonds. The van der Waals surface area contributed by atoms with Crippen LogP contribution >= 0.6 is 0 Å². The van der Waals surface area contributed by atoms with E-state index in [0.717, 1.165) is 5.56 Å².